The lowest BCUT2D eigenvalue weighted by Gasteiger charge is -2.33. The zero-order chi connectivity index (χ0) is 49.5. The molecule has 0 saturated heterocycles. The van der Waals surface area contributed by atoms with Gasteiger partial charge in [-0.15, -0.1) is 0 Å². The van der Waals surface area contributed by atoms with Gasteiger partial charge in [0.25, 0.3) is 0 Å². The Labute approximate surface area is 441 Å². The van der Waals surface area contributed by atoms with Crippen molar-refractivity contribution in [2.24, 2.45) is 0 Å². The molecular weight excluding hydrogens is 905 g/mol. The van der Waals surface area contributed by atoms with E-state index < -0.39 is 5.41 Å². The third-order valence-corrected chi connectivity index (χ3v) is 18.0. The van der Waals surface area contributed by atoms with E-state index in [0.29, 0.717) is 11.8 Å². The van der Waals surface area contributed by atoms with Crippen molar-refractivity contribution in [2.75, 3.05) is 9.80 Å². The zero-order valence-electron chi connectivity index (χ0n) is 42.6. The lowest BCUT2D eigenvalue weighted by Crippen LogP contribution is -2.26. The summed E-state index contributed by atoms with van der Waals surface area (Å²) in [6.45, 7) is 0. The van der Waals surface area contributed by atoms with E-state index in [9.17, 15) is 0 Å². The predicted molar refractivity (Wildman–Crippen MR) is 316 cm³/mol. The van der Waals surface area contributed by atoms with E-state index in [1.165, 1.54) is 164 Å². The summed E-state index contributed by atoms with van der Waals surface area (Å²) in [4.78, 5) is 4.90. The fourth-order valence-electron chi connectivity index (χ4n) is 14.6. The summed E-state index contributed by atoms with van der Waals surface area (Å²) in [6.07, 6.45) is 13.3. The smallest absolute Gasteiger partial charge is 0.0737 e. The largest absolute Gasteiger partial charge is 0.310 e. The monoisotopic (exact) mass is 964 g/mol. The molecule has 0 heterocycles. The van der Waals surface area contributed by atoms with Crippen molar-refractivity contribution in [1.82, 2.24) is 0 Å². The van der Waals surface area contributed by atoms with Crippen molar-refractivity contribution in [2.45, 2.75) is 81.5 Å². The highest BCUT2D eigenvalue weighted by atomic mass is 15.1. The van der Waals surface area contributed by atoms with Crippen LogP contribution in [0.15, 0.2) is 231 Å². The molecule has 1 spiro atoms. The molecule has 15 rings (SSSR count). The minimum atomic E-state index is -0.579. The van der Waals surface area contributed by atoms with Crippen molar-refractivity contribution in [3.8, 4) is 22.3 Å². The number of hydrogen-bond donors (Lipinski definition) is 0. The topological polar surface area (TPSA) is 6.48 Å². The highest BCUT2D eigenvalue weighted by Crippen LogP contribution is 2.66. The quantitative estimate of drug-likeness (QED) is 0.150. The standard InChI is InChI=1S/C73H60N2/c1-5-17-49(18-6-1)51-29-36-58(37-30-51)74(56-22-9-3-10-23-56)60-40-44-63-54(47-60)33-42-65-66-43-34-55-48-61(75(57-24-11-4-12-25-57)59-38-31-52(32-39-59)50-19-7-2-8-20-50)41-45-64(55)72(66)73(71(63)65)68-28-16-15-27-67(68)70-62-26-14-13-21-53(62)35-46-69(70)73/h3-4,9-16,21-50H,1-2,5-8,17-20H2. The van der Waals surface area contributed by atoms with Crippen LogP contribution in [0.25, 0.3) is 54.6 Å². The lowest BCUT2D eigenvalue weighted by molar-refractivity contribution is 0.443. The highest BCUT2D eigenvalue weighted by molar-refractivity contribution is 6.13. The average Bonchev–Trinajstić information content (AvgIpc) is 4.20. The van der Waals surface area contributed by atoms with Gasteiger partial charge in [-0.25, -0.2) is 0 Å². The van der Waals surface area contributed by atoms with Gasteiger partial charge in [-0.1, -0.05) is 196 Å². The minimum absolute atomic E-state index is 0.579. The van der Waals surface area contributed by atoms with Gasteiger partial charge in [-0.05, 0) is 198 Å². The maximum absolute atomic E-state index is 2.47. The molecule has 4 aliphatic rings. The number of benzene rings is 11. The third kappa shape index (κ3) is 7.06. The number of para-hydroxylation sites is 2. The molecule has 2 nitrogen and oxygen atoms in total. The Morgan fingerprint density at radius 1 is 0.293 bits per heavy atom. The van der Waals surface area contributed by atoms with Crippen molar-refractivity contribution in [3.05, 3.63) is 264 Å². The summed E-state index contributed by atoms with van der Waals surface area (Å²) in [5, 5.41) is 7.64. The Kier molecular flexibility index (Phi) is 10.6. The molecule has 0 bridgehead atoms. The lowest BCUT2D eigenvalue weighted by atomic mass is 9.68. The molecule has 0 atom stereocenters. The maximum atomic E-state index is 2.47. The van der Waals surface area contributed by atoms with Crippen LogP contribution < -0.4 is 9.80 Å². The van der Waals surface area contributed by atoms with Crippen LogP contribution >= 0.6 is 0 Å². The Morgan fingerprint density at radius 2 is 0.733 bits per heavy atom. The maximum Gasteiger partial charge on any atom is 0.0737 e. The van der Waals surface area contributed by atoms with E-state index in [0.717, 1.165) is 22.7 Å². The van der Waals surface area contributed by atoms with Gasteiger partial charge in [0.2, 0.25) is 0 Å². The van der Waals surface area contributed by atoms with E-state index in [2.05, 4.69) is 240 Å². The first-order valence-corrected chi connectivity index (χ1v) is 27.9. The molecule has 11 aromatic rings. The van der Waals surface area contributed by atoms with Crippen molar-refractivity contribution >= 4 is 66.4 Å². The summed E-state index contributed by atoms with van der Waals surface area (Å²) in [6, 6.07) is 88.3. The molecule has 0 aromatic heterocycles. The van der Waals surface area contributed by atoms with E-state index in [1.807, 2.05) is 0 Å². The second kappa shape index (κ2) is 18.0. The molecule has 75 heavy (non-hydrogen) atoms. The van der Waals surface area contributed by atoms with Gasteiger partial charge in [-0.3, -0.25) is 0 Å². The first kappa shape index (κ1) is 44.3. The van der Waals surface area contributed by atoms with Crippen LogP contribution in [-0.2, 0) is 5.41 Å². The summed E-state index contributed by atoms with van der Waals surface area (Å²) in [5.41, 5.74) is 20.2. The molecule has 2 saturated carbocycles. The Bertz CT molecular complexity index is 3760. The SMILES string of the molecule is c1ccc(N(c2ccc(C3CCCCC3)cc2)c2ccc3c4c(ccc3c2)-c2ccc3cc(N(c5ccccc5)c5ccc(C6CCCCC6)cc5)ccc3c2C42c3ccccc3-c3c2ccc2ccccc32)cc1. The highest BCUT2D eigenvalue weighted by Gasteiger charge is 2.53. The zero-order valence-corrected chi connectivity index (χ0v) is 42.6. The van der Waals surface area contributed by atoms with Crippen molar-refractivity contribution in [1.29, 1.82) is 0 Å². The molecule has 4 aliphatic carbocycles. The van der Waals surface area contributed by atoms with Crippen molar-refractivity contribution in [3.63, 3.8) is 0 Å². The normalized spacial score (nSPS) is 15.7. The fraction of sp³-hybridized carbons (Fsp3) is 0.178. The van der Waals surface area contributed by atoms with Gasteiger partial charge in [0.05, 0.1) is 5.41 Å². The summed E-state index contributed by atoms with van der Waals surface area (Å²) < 4.78 is 0. The van der Waals surface area contributed by atoms with Gasteiger partial charge >= 0.3 is 0 Å². The second-order valence-electron chi connectivity index (χ2n) is 22.0. The molecule has 362 valence electrons. The summed E-state index contributed by atoms with van der Waals surface area (Å²) >= 11 is 0. The Morgan fingerprint density at radius 3 is 1.27 bits per heavy atom. The molecule has 0 N–H and O–H groups in total. The van der Waals surface area contributed by atoms with Gasteiger partial charge < -0.3 is 9.80 Å². The van der Waals surface area contributed by atoms with E-state index >= 15 is 0 Å². The van der Waals surface area contributed by atoms with Gasteiger partial charge in [0.15, 0.2) is 0 Å². The average molecular weight is 965 g/mol. The number of hydrogen-bond acceptors (Lipinski definition) is 2. The molecular formula is C73H60N2. The van der Waals surface area contributed by atoms with Crippen LogP contribution in [0.3, 0.4) is 0 Å². The van der Waals surface area contributed by atoms with Crippen LogP contribution in [0.1, 0.15) is 109 Å². The minimum Gasteiger partial charge on any atom is -0.310 e. The summed E-state index contributed by atoms with van der Waals surface area (Å²) in [5.74, 6) is 1.33. The van der Waals surface area contributed by atoms with Gasteiger partial charge in [-0.2, -0.15) is 0 Å². The molecule has 0 aliphatic heterocycles. The molecule has 0 unspecified atom stereocenters. The van der Waals surface area contributed by atoms with Crippen LogP contribution in [0, 0.1) is 0 Å². The molecule has 0 amide bonds. The van der Waals surface area contributed by atoms with E-state index in [1.54, 1.807) is 0 Å². The fourth-order valence-corrected chi connectivity index (χ4v) is 14.6. The number of nitrogens with zero attached hydrogens (tertiary/aromatic N) is 2. The van der Waals surface area contributed by atoms with Crippen LogP contribution in [0.2, 0.25) is 0 Å². The predicted octanol–water partition coefficient (Wildman–Crippen LogP) is 20.5. The van der Waals surface area contributed by atoms with Crippen LogP contribution in [0.4, 0.5) is 34.1 Å². The first-order valence-electron chi connectivity index (χ1n) is 27.9. The van der Waals surface area contributed by atoms with Crippen LogP contribution in [-0.4, -0.2) is 0 Å². The Balaban J connectivity index is 0.929. The third-order valence-electron chi connectivity index (χ3n) is 18.0. The first-order chi connectivity index (χ1) is 37.2. The Hall–Kier alpha value is -8.20. The van der Waals surface area contributed by atoms with E-state index in [4.69, 9.17) is 0 Å². The number of fused-ring (bicyclic) bond motifs is 16. The molecule has 2 heteroatoms. The molecule has 2 fully saturated rings. The van der Waals surface area contributed by atoms with E-state index in [-0.39, 0.29) is 0 Å². The van der Waals surface area contributed by atoms with Crippen molar-refractivity contribution < 1.29 is 0 Å². The number of anilines is 6. The summed E-state index contributed by atoms with van der Waals surface area (Å²) in [7, 11) is 0. The number of rotatable bonds is 8. The van der Waals surface area contributed by atoms with Gasteiger partial charge in [0.1, 0.15) is 0 Å². The molecule has 11 aromatic carbocycles. The van der Waals surface area contributed by atoms with Gasteiger partial charge in [0, 0.05) is 34.1 Å². The van der Waals surface area contributed by atoms with Crippen LogP contribution in [0.5, 0.6) is 0 Å². The molecule has 0 radical (unpaired) electrons. The second-order valence-corrected chi connectivity index (χ2v) is 22.0.